The minimum atomic E-state index is -1.01. The lowest BCUT2D eigenvalue weighted by molar-refractivity contribution is -0.142. The maximum absolute atomic E-state index is 10.7. The maximum atomic E-state index is 10.7. The number of piperazine rings is 1. The molecule has 1 aromatic heterocycles. The molecule has 10 nitrogen and oxygen atoms in total. The zero-order valence-electron chi connectivity index (χ0n) is 23.4. The summed E-state index contributed by atoms with van der Waals surface area (Å²) in [6, 6.07) is 26.9. The lowest BCUT2D eigenvalue weighted by atomic mass is 9.92. The molecule has 0 saturated carbocycles. The fourth-order valence-electron chi connectivity index (χ4n) is 5.58. The Bertz CT molecular complexity index is 1430. The number of phenolic OH excluding ortho intramolecular Hbond substituents is 1. The number of carbonyl (C=O) groups is 1. The van der Waals surface area contributed by atoms with Gasteiger partial charge in [0, 0.05) is 37.3 Å². The molecule has 0 amide bonds. The second-order valence-corrected chi connectivity index (χ2v) is 10.6. The molecule has 0 unspecified atom stereocenters. The Hall–Kier alpha value is -4.12. The van der Waals surface area contributed by atoms with Crippen LogP contribution >= 0.6 is 0 Å². The van der Waals surface area contributed by atoms with Crippen molar-refractivity contribution in [3.8, 4) is 17.1 Å². The summed E-state index contributed by atoms with van der Waals surface area (Å²) < 4.78 is 6.76. The molecule has 5 rings (SSSR count). The van der Waals surface area contributed by atoms with Gasteiger partial charge in [-0.15, -0.1) is 5.10 Å². The van der Waals surface area contributed by atoms with Crippen molar-refractivity contribution in [3.05, 3.63) is 95.6 Å². The van der Waals surface area contributed by atoms with Crippen molar-refractivity contribution in [2.45, 2.75) is 45.1 Å². The van der Waals surface area contributed by atoms with Gasteiger partial charge >= 0.3 is 5.97 Å². The van der Waals surface area contributed by atoms with E-state index in [9.17, 15) is 9.90 Å². The van der Waals surface area contributed by atoms with Gasteiger partial charge in [0.15, 0.2) is 5.82 Å². The SMILES string of the molecule is C[C@@H]1CN([C@H](c2ccc(-c3nnnn3CCOCC(=O)O)cc2)c2cccc(O)c2)[C@@H](C)CN1Cc1ccccc1. The Morgan fingerprint density at radius 3 is 2.49 bits per heavy atom. The molecule has 1 saturated heterocycles. The van der Waals surface area contributed by atoms with E-state index in [-0.39, 0.29) is 31.0 Å². The zero-order valence-corrected chi connectivity index (χ0v) is 23.4. The third-order valence-corrected chi connectivity index (χ3v) is 7.60. The molecule has 10 heteroatoms. The van der Waals surface area contributed by atoms with Gasteiger partial charge in [-0.2, -0.15) is 0 Å². The van der Waals surface area contributed by atoms with Crippen LogP contribution in [-0.4, -0.2) is 84.6 Å². The minimum absolute atomic E-state index is 0.0483. The molecule has 1 aliphatic heterocycles. The van der Waals surface area contributed by atoms with Gasteiger partial charge in [-0.05, 0) is 53.1 Å². The quantitative estimate of drug-likeness (QED) is 0.266. The standard InChI is InChI=1S/C31H36N6O4/c1-22-19-36(23(2)18-35(22)20-24-7-4-3-5-8-24)30(27-9-6-10-28(38)17-27)25-11-13-26(14-12-25)31-32-33-34-37(31)15-16-41-21-29(39)40/h3-14,17,22-23,30,38H,15-16,18-21H2,1-2H3,(H,39,40)/t22-,23+,30-/m1/s1. The molecule has 4 aromatic rings. The first-order valence-corrected chi connectivity index (χ1v) is 13.9. The summed E-state index contributed by atoms with van der Waals surface area (Å²) in [5.74, 6) is -0.183. The first-order valence-electron chi connectivity index (χ1n) is 13.9. The van der Waals surface area contributed by atoms with E-state index in [1.54, 1.807) is 10.7 Å². The van der Waals surface area contributed by atoms with Crippen LogP contribution in [0.3, 0.4) is 0 Å². The molecule has 41 heavy (non-hydrogen) atoms. The lowest BCUT2D eigenvalue weighted by Crippen LogP contribution is -2.56. The molecule has 0 radical (unpaired) electrons. The number of aromatic hydroxyl groups is 1. The van der Waals surface area contributed by atoms with Gasteiger partial charge in [0.2, 0.25) is 0 Å². The smallest absolute Gasteiger partial charge is 0.329 e. The summed E-state index contributed by atoms with van der Waals surface area (Å²) in [6.07, 6.45) is 0. The van der Waals surface area contributed by atoms with E-state index in [0.717, 1.165) is 36.3 Å². The highest BCUT2D eigenvalue weighted by molar-refractivity contribution is 5.68. The predicted octanol–water partition coefficient (Wildman–Crippen LogP) is 3.83. The molecule has 2 N–H and O–H groups in total. The van der Waals surface area contributed by atoms with E-state index in [0.29, 0.717) is 18.4 Å². The van der Waals surface area contributed by atoms with Crippen molar-refractivity contribution in [2.24, 2.45) is 0 Å². The molecule has 0 aliphatic carbocycles. The Balaban J connectivity index is 1.37. The van der Waals surface area contributed by atoms with Crippen LogP contribution in [0.5, 0.6) is 5.75 Å². The van der Waals surface area contributed by atoms with Gasteiger partial charge in [0.05, 0.1) is 19.2 Å². The highest BCUT2D eigenvalue weighted by Gasteiger charge is 2.35. The highest BCUT2D eigenvalue weighted by atomic mass is 16.5. The van der Waals surface area contributed by atoms with Gasteiger partial charge < -0.3 is 14.9 Å². The number of benzene rings is 3. The highest BCUT2D eigenvalue weighted by Crippen LogP contribution is 2.35. The van der Waals surface area contributed by atoms with Gasteiger partial charge in [-0.3, -0.25) is 9.80 Å². The Kier molecular flexibility index (Phi) is 9.03. The number of hydrogen-bond acceptors (Lipinski definition) is 8. The van der Waals surface area contributed by atoms with Crippen molar-refractivity contribution in [1.82, 2.24) is 30.0 Å². The van der Waals surface area contributed by atoms with E-state index < -0.39 is 5.97 Å². The number of nitrogens with zero attached hydrogens (tertiary/aromatic N) is 6. The number of phenols is 1. The Labute approximate surface area is 239 Å². The molecule has 1 fully saturated rings. The van der Waals surface area contributed by atoms with E-state index >= 15 is 0 Å². The molecular weight excluding hydrogens is 520 g/mol. The average Bonchev–Trinajstić information content (AvgIpc) is 3.43. The molecule has 0 spiro atoms. The Morgan fingerprint density at radius 2 is 1.76 bits per heavy atom. The van der Waals surface area contributed by atoms with Crippen molar-refractivity contribution in [1.29, 1.82) is 0 Å². The van der Waals surface area contributed by atoms with Crippen molar-refractivity contribution in [3.63, 3.8) is 0 Å². The lowest BCUT2D eigenvalue weighted by Gasteiger charge is -2.47. The summed E-state index contributed by atoms with van der Waals surface area (Å²) in [6.45, 7) is 7.45. The summed E-state index contributed by atoms with van der Waals surface area (Å²) in [4.78, 5) is 15.8. The minimum Gasteiger partial charge on any atom is -0.508 e. The van der Waals surface area contributed by atoms with Crippen LogP contribution in [0.15, 0.2) is 78.9 Å². The van der Waals surface area contributed by atoms with Crippen LogP contribution in [0.2, 0.25) is 0 Å². The molecule has 0 bridgehead atoms. The third kappa shape index (κ3) is 6.97. The number of rotatable bonds is 11. The van der Waals surface area contributed by atoms with Crippen molar-refractivity contribution < 1.29 is 19.7 Å². The predicted molar refractivity (Wildman–Crippen MR) is 154 cm³/mol. The number of tetrazole rings is 1. The first kappa shape index (κ1) is 28.4. The molecular formula is C31H36N6O4. The Morgan fingerprint density at radius 1 is 0.976 bits per heavy atom. The number of aromatic nitrogens is 4. The first-order chi connectivity index (χ1) is 19.9. The van der Waals surface area contributed by atoms with Crippen LogP contribution in [0.25, 0.3) is 11.4 Å². The molecule has 3 atom stereocenters. The number of hydrogen-bond donors (Lipinski definition) is 2. The number of carboxylic acid groups (broad SMARTS) is 1. The number of carboxylic acids is 1. The van der Waals surface area contributed by atoms with Gasteiger partial charge in [-0.1, -0.05) is 66.7 Å². The van der Waals surface area contributed by atoms with E-state index in [1.807, 2.05) is 24.3 Å². The summed E-state index contributed by atoms with van der Waals surface area (Å²) >= 11 is 0. The number of ether oxygens (including phenoxy) is 1. The molecule has 3 aromatic carbocycles. The second kappa shape index (κ2) is 13.0. The van der Waals surface area contributed by atoms with E-state index in [4.69, 9.17) is 9.84 Å². The summed E-state index contributed by atoms with van der Waals surface area (Å²) in [5, 5.41) is 31.2. The molecule has 2 heterocycles. The van der Waals surface area contributed by atoms with Crippen LogP contribution in [0.1, 0.15) is 36.6 Å². The molecule has 1 aliphatic rings. The fraction of sp³-hybridized carbons (Fsp3) is 0.355. The van der Waals surface area contributed by atoms with Crippen molar-refractivity contribution in [2.75, 3.05) is 26.3 Å². The van der Waals surface area contributed by atoms with E-state index in [1.165, 1.54) is 5.56 Å². The van der Waals surface area contributed by atoms with Gasteiger partial charge in [-0.25, -0.2) is 9.48 Å². The summed E-state index contributed by atoms with van der Waals surface area (Å²) in [5.41, 5.74) is 4.31. The average molecular weight is 557 g/mol. The monoisotopic (exact) mass is 556 g/mol. The van der Waals surface area contributed by atoms with Crippen LogP contribution in [-0.2, 0) is 22.6 Å². The van der Waals surface area contributed by atoms with Crippen LogP contribution in [0, 0.1) is 0 Å². The van der Waals surface area contributed by atoms with Gasteiger partial charge in [0.1, 0.15) is 12.4 Å². The molecule has 214 valence electrons. The van der Waals surface area contributed by atoms with Crippen LogP contribution in [0.4, 0.5) is 0 Å². The normalized spacial score (nSPS) is 18.8. The number of aliphatic carboxylic acids is 1. The largest absolute Gasteiger partial charge is 0.508 e. The van der Waals surface area contributed by atoms with Crippen molar-refractivity contribution >= 4 is 5.97 Å². The third-order valence-electron chi connectivity index (χ3n) is 7.60. The maximum Gasteiger partial charge on any atom is 0.329 e. The summed E-state index contributed by atoms with van der Waals surface area (Å²) in [7, 11) is 0. The van der Waals surface area contributed by atoms with Crippen LogP contribution < -0.4 is 0 Å². The van der Waals surface area contributed by atoms with Gasteiger partial charge in [0.25, 0.3) is 0 Å². The fourth-order valence-corrected chi connectivity index (χ4v) is 5.58. The topological polar surface area (TPSA) is 117 Å². The van der Waals surface area contributed by atoms with E-state index in [2.05, 4.69) is 87.7 Å². The zero-order chi connectivity index (χ0) is 28.8. The second-order valence-electron chi connectivity index (χ2n) is 10.6.